The van der Waals surface area contributed by atoms with Gasteiger partial charge in [-0.1, -0.05) is 0 Å². The van der Waals surface area contributed by atoms with Gasteiger partial charge in [0.1, 0.15) is 0 Å². The van der Waals surface area contributed by atoms with Gasteiger partial charge in [-0.3, -0.25) is 5.10 Å². The zero-order valence-electron chi connectivity index (χ0n) is 10.9. The third kappa shape index (κ3) is 4.05. The van der Waals surface area contributed by atoms with E-state index in [2.05, 4.69) is 20.2 Å². The summed E-state index contributed by atoms with van der Waals surface area (Å²) in [5.74, 6) is 0. The van der Waals surface area contributed by atoms with Crippen molar-refractivity contribution in [3.63, 3.8) is 0 Å². The zero-order chi connectivity index (χ0) is 13.6. The summed E-state index contributed by atoms with van der Waals surface area (Å²) in [5, 5.41) is 9.30. The summed E-state index contributed by atoms with van der Waals surface area (Å²) in [6.07, 6.45) is 2.12. The minimum atomic E-state index is -3.56. The first kappa shape index (κ1) is 15.1. The first-order chi connectivity index (χ1) is 8.51. The molecule has 7 nitrogen and oxygen atoms in total. The van der Waals surface area contributed by atoms with Crippen LogP contribution in [0.2, 0.25) is 0 Å². The van der Waals surface area contributed by atoms with Crippen LogP contribution in [0.4, 0.5) is 0 Å². The highest BCUT2D eigenvalue weighted by Crippen LogP contribution is 2.12. The Labute approximate surface area is 107 Å². The Morgan fingerprint density at radius 1 is 1.56 bits per heavy atom. The molecule has 3 N–H and O–H groups in total. The Bertz CT molecular complexity index is 457. The Balaban J connectivity index is 2.76. The fraction of sp³-hybridized carbons (Fsp3) is 0.700. The van der Waals surface area contributed by atoms with Crippen LogP contribution < -0.4 is 10.0 Å². The fourth-order valence-corrected chi connectivity index (χ4v) is 2.93. The molecular formula is C10H20N4O3S. The standard InChI is InChI=1S/C10H20N4O3S/c1-8(4-5-17-3)14-18(15,16)10-9(6-11-2)7-12-13-10/h7-8,11,14H,4-6H2,1-3H3,(H,12,13). The second-order valence-electron chi connectivity index (χ2n) is 4.06. The van der Waals surface area contributed by atoms with Crippen LogP contribution in [0.25, 0.3) is 0 Å². The van der Waals surface area contributed by atoms with Crippen molar-refractivity contribution >= 4 is 10.0 Å². The van der Waals surface area contributed by atoms with E-state index in [1.807, 2.05) is 0 Å². The number of hydrogen-bond acceptors (Lipinski definition) is 5. The predicted octanol–water partition coefficient (Wildman–Crippen LogP) is -0.168. The number of aromatic nitrogens is 2. The van der Waals surface area contributed by atoms with Gasteiger partial charge in [0.05, 0.1) is 6.20 Å². The van der Waals surface area contributed by atoms with Crippen molar-refractivity contribution in [2.24, 2.45) is 0 Å². The fourth-order valence-electron chi connectivity index (χ4n) is 1.53. The van der Waals surface area contributed by atoms with Crippen molar-refractivity contribution in [2.45, 2.75) is 31.0 Å². The van der Waals surface area contributed by atoms with Crippen molar-refractivity contribution in [3.05, 3.63) is 11.8 Å². The number of rotatable bonds is 8. The zero-order valence-corrected chi connectivity index (χ0v) is 11.7. The van der Waals surface area contributed by atoms with Crippen LogP contribution >= 0.6 is 0 Å². The van der Waals surface area contributed by atoms with Gasteiger partial charge in [0, 0.05) is 31.9 Å². The SMILES string of the molecule is CNCc1cn[nH]c1S(=O)(=O)NC(C)CCOC. The van der Waals surface area contributed by atoms with E-state index in [1.165, 1.54) is 6.20 Å². The van der Waals surface area contributed by atoms with Gasteiger partial charge < -0.3 is 10.1 Å². The summed E-state index contributed by atoms with van der Waals surface area (Å²) < 4.78 is 31.7. The molecule has 0 aromatic carbocycles. The molecule has 8 heteroatoms. The van der Waals surface area contributed by atoms with Gasteiger partial charge in [0.15, 0.2) is 5.03 Å². The number of ether oxygens (including phenoxy) is 1. The maximum atomic E-state index is 12.1. The molecule has 1 aromatic heterocycles. The Hall–Kier alpha value is -0.960. The molecule has 0 amide bonds. The van der Waals surface area contributed by atoms with Crippen molar-refractivity contribution in [1.82, 2.24) is 20.2 Å². The van der Waals surface area contributed by atoms with Crippen molar-refractivity contribution < 1.29 is 13.2 Å². The van der Waals surface area contributed by atoms with Gasteiger partial charge in [0.25, 0.3) is 10.0 Å². The number of hydrogen-bond donors (Lipinski definition) is 3. The van der Waals surface area contributed by atoms with E-state index in [9.17, 15) is 8.42 Å². The van der Waals surface area contributed by atoms with E-state index in [-0.39, 0.29) is 11.1 Å². The number of sulfonamides is 1. The highest BCUT2D eigenvalue weighted by molar-refractivity contribution is 7.89. The van der Waals surface area contributed by atoms with Crippen molar-refractivity contribution in [1.29, 1.82) is 0 Å². The lowest BCUT2D eigenvalue weighted by molar-refractivity contribution is 0.188. The lowest BCUT2D eigenvalue weighted by Crippen LogP contribution is -2.34. The third-order valence-corrected chi connectivity index (χ3v) is 4.03. The van der Waals surface area contributed by atoms with E-state index in [0.29, 0.717) is 25.1 Å². The summed E-state index contributed by atoms with van der Waals surface area (Å²) in [4.78, 5) is 0. The molecule has 1 atom stereocenters. The van der Waals surface area contributed by atoms with Crippen LogP contribution in [-0.4, -0.2) is 45.4 Å². The quantitative estimate of drug-likeness (QED) is 0.613. The van der Waals surface area contributed by atoms with Crippen LogP contribution in [0.3, 0.4) is 0 Å². The minimum absolute atomic E-state index is 0.112. The second-order valence-corrected chi connectivity index (χ2v) is 5.71. The maximum Gasteiger partial charge on any atom is 0.258 e. The van der Waals surface area contributed by atoms with Gasteiger partial charge in [0.2, 0.25) is 0 Å². The van der Waals surface area contributed by atoms with E-state index >= 15 is 0 Å². The van der Waals surface area contributed by atoms with Crippen LogP contribution in [0.1, 0.15) is 18.9 Å². The maximum absolute atomic E-state index is 12.1. The van der Waals surface area contributed by atoms with Gasteiger partial charge in [-0.05, 0) is 20.4 Å². The number of H-pyrrole nitrogens is 1. The lowest BCUT2D eigenvalue weighted by atomic mass is 10.3. The van der Waals surface area contributed by atoms with Gasteiger partial charge in [-0.2, -0.15) is 5.10 Å². The first-order valence-corrected chi connectivity index (χ1v) is 7.17. The lowest BCUT2D eigenvalue weighted by Gasteiger charge is -2.13. The van der Waals surface area contributed by atoms with Gasteiger partial charge in [-0.25, -0.2) is 13.1 Å². The van der Waals surface area contributed by atoms with Crippen LogP contribution in [0, 0.1) is 0 Å². The Morgan fingerprint density at radius 3 is 2.89 bits per heavy atom. The normalized spacial score (nSPS) is 13.7. The summed E-state index contributed by atoms with van der Waals surface area (Å²) >= 11 is 0. The molecule has 0 saturated carbocycles. The summed E-state index contributed by atoms with van der Waals surface area (Å²) in [6, 6.07) is -0.194. The monoisotopic (exact) mass is 276 g/mol. The van der Waals surface area contributed by atoms with E-state index in [4.69, 9.17) is 4.74 Å². The first-order valence-electron chi connectivity index (χ1n) is 5.69. The number of methoxy groups -OCH3 is 1. The summed E-state index contributed by atoms with van der Waals surface area (Å²) in [7, 11) is -0.231. The predicted molar refractivity (Wildman–Crippen MR) is 67.6 cm³/mol. The van der Waals surface area contributed by atoms with Crippen LogP contribution in [-0.2, 0) is 21.3 Å². The molecule has 1 aromatic rings. The Kier molecular flexibility index (Phi) is 5.73. The molecule has 0 aliphatic rings. The van der Waals surface area contributed by atoms with Crippen LogP contribution in [0.5, 0.6) is 0 Å². The smallest absolute Gasteiger partial charge is 0.258 e. The Morgan fingerprint density at radius 2 is 2.28 bits per heavy atom. The van der Waals surface area contributed by atoms with Gasteiger partial charge >= 0.3 is 0 Å². The van der Waals surface area contributed by atoms with E-state index in [1.54, 1.807) is 21.1 Å². The van der Waals surface area contributed by atoms with Crippen LogP contribution in [0.15, 0.2) is 11.2 Å². The van der Waals surface area contributed by atoms with Gasteiger partial charge in [-0.15, -0.1) is 0 Å². The molecule has 18 heavy (non-hydrogen) atoms. The molecule has 1 heterocycles. The molecule has 0 spiro atoms. The minimum Gasteiger partial charge on any atom is -0.385 e. The third-order valence-electron chi connectivity index (χ3n) is 2.43. The average Bonchev–Trinajstić information content (AvgIpc) is 2.75. The largest absolute Gasteiger partial charge is 0.385 e. The van der Waals surface area contributed by atoms with Crippen molar-refractivity contribution in [2.75, 3.05) is 20.8 Å². The number of aromatic amines is 1. The number of nitrogens with one attached hydrogen (secondary N) is 3. The molecule has 0 bridgehead atoms. The molecular weight excluding hydrogens is 256 g/mol. The topological polar surface area (TPSA) is 96.1 Å². The molecule has 0 radical (unpaired) electrons. The molecule has 0 fully saturated rings. The number of nitrogens with zero attached hydrogens (tertiary/aromatic N) is 1. The molecule has 1 rings (SSSR count). The summed E-state index contributed by atoms with van der Waals surface area (Å²) in [5.41, 5.74) is 0.615. The average molecular weight is 276 g/mol. The molecule has 1 unspecified atom stereocenters. The molecule has 0 saturated heterocycles. The highest BCUT2D eigenvalue weighted by Gasteiger charge is 2.22. The second kappa shape index (κ2) is 6.83. The molecule has 104 valence electrons. The van der Waals surface area contributed by atoms with E-state index < -0.39 is 10.0 Å². The highest BCUT2D eigenvalue weighted by atomic mass is 32.2. The molecule has 0 aliphatic carbocycles. The van der Waals surface area contributed by atoms with E-state index in [0.717, 1.165) is 0 Å². The van der Waals surface area contributed by atoms with Crippen molar-refractivity contribution in [3.8, 4) is 0 Å². The summed E-state index contributed by atoms with van der Waals surface area (Å²) in [6.45, 7) is 2.75. The molecule has 0 aliphatic heterocycles.